The van der Waals surface area contributed by atoms with E-state index in [9.17, 15) is 4.79 Å². The minimum absolute atomic E-state index is 0.0805. The number of methoxy groups -OCH3 is 1. The highest BCUT2D eigenvalue weighted by molar-refractivity contribution is 7.80. The van der Waals surface area contributed by atoms with Gasteiger partial charge in [0.25, 0.3) is 0 Å². The van der Waals surface area contributed by atoms with Crippen LogP contribution in [0.3, 0.4) is 0 Å². The summed E-state index contributed by atoms with van der Waals surface area (Å²) in [5.74, 6) is -0.370. The number of hydrogen-bond acceptors (Lipinski definition) is 4. The van der Waals surface area contributed by atoms with E-state index in [0.29, 0.717) is 10.7 Å². The maximum Gasteiger partial charge on any atom is 0.339 e. The van der Waals surface area contributed by atoms with Crippen molar-refractivity contribution in [2.24, 2.45) is 0 Å². The van der Waals surface area contributed by atoms with Gasteiger partial charge in [0.15, 0.2) is 5.11 Å². The normalized spacial score (nSPS) is 18.8. The summed E-state index contributed by atoms with van der Waals surface area (Å²) in [5, 5.41) is 4.04. The van der Waals surface area contributed by atoms with Crippen molar-refractivity contribution in [3.63, 3.8) is 0 Å². The van der Waals surface area contributed by atoms with Gasteiger partial charge in [0.05, 0.1) is 36.1 Å². The van der Waals surface area contributed by atoms with E-state index in [0.717, 1.165) is 17.1 Å². The molecule has 0 radical (unpaired) electrons. The zero-order chi connectivity index (χ0) is 19.7. The van der Waals surface area contributed by atoms with Crippen LogP contribution in [0.15, 0.2) is 67.0 Å². The van der Waals surface area contributed by atoms with E-state index in [1.54, 1.807) is 12.3 Å². The number of carbonyl (C=O) groups excluding carboxylic acids is 1. The number of nitrogens with one attached hydrogen (secondary N) is 1. The molecule has 7 heteroatoms. The van der Waals surface area contributed by atoms with E-state index in [-0.39, 0.29) is 18.1 Å². The zero-order valence-corrected chi connectivity index (χ0v) is 16.4. The van der Waals surface area contributed by atoms with Crippen molar-refractivity contribution in [2.75, 3.05) is 14.2 Å². The lowest BCUT2D eigenvalue weighted by atomic mass is 10.0. The summed E-state index contributed by atoms with van der Waals surface area (Å²) in [6, 6.07) is 17.1. The average Bonchev–Trinajstić information content (AvgIpc) is 3.32. The molecule has 0 amide bonds. The van der Waals surface area contributed by atoms with Crippen LogP contribution in [0.25, 0.3) is 5.69 Å². The summed E-state index contributed by atoms with van der Waals surface area (Å²) in [7, 11) is 3.35. The number of pyridine rings is 1. The number of rotatable bonds is 4. The average molecular weight is 392 g/mol. The first kappa shape index (κ1) is 18.2. The molecule has 0 spiro atoms. The van der Waals surface area contributed by atoms with E-state index in [4.69, 9.17) is 17.0 Å². The molecule has 6 nitrogen and oxygen atoms in total. The molecule has 0 aliphatic carbocycles. The van der Waals surface area contributed by atoms with Gasteiger partial charge in [0.1, 0.15) is 0 Å². The lowest BCUT2D eigenvalue weighted by molar-refractivity contribution is 0.0600. The van der Waals surface area contributed by atoms with E-state index in [2.05, 4.69) is 10.3 Å². The van der Waals surface area contributed by atoms with Gasteiger partial charge in [-0.1, -0.05) is 18.2 Å². The number of ether oxygens (including phenoxy) is 1. The standard InChI is InChI=1S/C21H20N4O2S/c1-24-19(18(23-21(24)28)15-9-5-6-12-22-15)17-11-7-13-25(17)16-10-4-3-8-14(16)20(26)27-2/h3-13,18-19H,1-2H3,(H,23,28)/t18-,19+/m1/s1. The third kappa shape index (κ3) is 3.03. The Morgan fingerprint density at radius 1 is 1.14 bits per heavy atom. The molecule has 142 valence electrons. The second kappa shape index (κ2) is 7.44. The number of thiocarbonyl (C=S) groups is 1. The first-order chi connectivity index (χ1) is 13.6. The van der Waals surface area contributed by atoms with Gasteiger partial charge in [0, 0.05) is 25.1 Å². The summed E-state index contributed by atoms with van der Waals surface area (Å²) in [6.07, 6.45) is 3.73. The summed E-state index contributed by atoms with van der Waals surface area (Å²) in [5.41, 5.74) is 3.18. The van der Waals surface area contributed by atoms with Crippen molar-refractivity contribution in [3.8, 4) is 5.69 Å². The van der Waals surface area contributed by atoms with Crippen LogP contribution in [0.5, 0.6) is 0 Å². The van der Waals surface area contributed by atoms with Gasteiger partial charge in [-0.15, -0.1) is 0 Å². The maximum absolute atomic E-state index is 12.3. The fourth-order valence-electron chi connectivity index (χ4n) is 3.65. The molecule has 1 aliphatic rings. The van der Waals surface area contributed by atoms with Crippen LogP contribution in [0.2, 0.25) is 0 Å². The number of likely N-dealkylation sites (N-methyl/N-ethyl adjacent to an activating group) is 1. The molecule has 2 aromatic heterocycles. The van der Waals surface area contributed by atoms with Gasteiger partial charge >= 0.3 is 5.97 Å². The Hall–Kier alpha value is -3.19. The topological polar surface area (TPSA) is 59.4 Å². The summed E-state index contributed by atoms with van der Waals surface area (Å²) >= 11 is 5.52. The van der Waals surface area contributed by atoms with Crippen LogP contribution in [0, 0.1) is 0 Å². The smallest absolute Gasteiger partial charge is 0.339 e. The highest BCUT2D eigenvalue weighted by Gasteiger charge is 2.39. The van der Waals surface area contributed by atoms with Gasteiger partial charge in [-0.2, -0.15) is 0 Å². The molecule has 1 saturated heterocycles. The Balaban J connectivity index is 1.83. The Bertz CT molecular complexity index is 1020. The van der Waals surface area contributed by atoms with Crippen LogP contribution in [-0.2, 0) is 4.74 Å². The van der Waals surface area contributed by atoms with Crippen LogP contribution >= 0.6 is 12.2 Å². The lowest BCUT2D eigenvalue weighted by Gasteiger charge is -2.26. The predicted octanol–water partition coefficient (Wildman–Crippen LogP) is 3.26. The molecule has 3 heterocycles. The molecule has 0 unspecified atom stereocenters. The Kier molecular flexibility index (Phi) is 4.83. The molecule has 1 fully saturated rings. The van der Waals surface area contributed by atoms with Gasteiger partial charge in [-0.25, -0.2) is 4.79 Å². The van der Waals surface area contributed by atoms with E-state index >= 15 is 0 Å². The van der Waals surface area contributed by atoms with Crippen molar-refractivity contribution in [1.82, 2.24) is 19.8 Å². The van der Waals surface area contributed by atoms with Crippen molar-refractivity contribution in [3.05, 3.63) is 83.9 Å². The van der Waals surface area contributed by atoms with Gasteiger partial charge in [-0.3, -0.25) is 4.98 Å². The lowest BCUT2D eigenvalue weighted by Crippen LogP contribution is -2.26. The van der Waals surface area contributed by atoms with Crippen LogP contribution in [0.4, 0.5) is 0 Å². The summed E-state index contributed by atoms with van der Waals surface area (Å²) < 4.78 is 6.98. The summed E-state index contributed by atoms with van der Waals surface area (Å²) in [6.45, 7) is 0. The number of aromatic nitrogens is 2. The maximum atomic E-state index is 12.3. The minimum atomic E-state index is -0.370. The van der Waals surface area contributed by atoms with Gasteiger partial charge in [0.2, 0.25) is 0 Å². The minimum Gasteiger partial charge on any atom is -0.465 e. The molecular formula is C21H20N4O2S. The molecule has 28 heavy (non-hydrogen) atoms. The fourth-order valence-corrected chi connectivity index (χ4v) is 3.89. The quantitative estimate of drug-likeness (QED) is 0.543. The molecule has 2 atom stereocenters. The van der Waals surface area contributed by atoms with Crippen LogP contribution < -0.4 is 5.32 Å². The molecule has 1 aromatic carbocycles. The second-order valence-corrected chi connectivity index (χ2v) is 6.94. The van der Waals surface area contributed by atoms with Gasteiger partial charge in [-0.05, 0) is 48.6 Å². The zero-order valence-electron chi connectivity index (χ0n) is 15.6. The Labute approximate surface area is 168 Å². The highest BCUT2D eigenvalue weighted by atomic mass is 32.1. The number of para-hydroxylation sites is 1. The molecule has 0 saturated carbocycles. The first-order valence-electron chi connectivity index (χ1n) is 8.91. The largest absolute Gasteiger partial charge is 0.465 e. The Morgan fingerprint density at radius 3 is 2.68 bits per heavy atom. The highest BCUT2D eigenvalue weighted by Crippen LogP contribution is 2.38. The molecule has 4 rings (SSSR count). The van der Waals surface area contributed by atoms with Gasteiger partial charge < -0.3 is 19.5 Å². The Morgan fingerprint density at radius 2 is 1.93 bits per heavy atom. The molecule has 0 bridgehead atoms. The number of benzene rings is 1. The van der Waals surface area contributed by atoms with Crippen LogP contribution in [-0.4, -0.2) is 39.7 Å². The first-order valence-corrected chi connectivity index (χ1v) is 9.32. The van der Waals surface area contributed by atoms with Crippen molar-refractivity contribution < 1.29 is 9.53 Å². The molecular weight excluding hydrogens is 372 g/mol. The van der Waals surface area contributed by atoms with Crippen molar-refractivity contribution >= 4 is 23.3 Å². The van der Waals surface area contributed by atoms with E-state index in [1.165, 1.54) is 7.11 Å². The van der Waals surface area contributed by atoms with E-state index in [1.807, 2.05) is 71.2 Å². The second-order valence-electron chi connectivity index (χ2n) is 6.55. The number of esters is 1. The third-order valence-electron chi connectivity index (χ3n) is 4.99. The van der Waals surface area contributed by atoms with Crippen molar-refractivity contribution in [1.29, 1.82) is 0 Å². The monoisotopic (exact) mass is 392 g/mol. The third-order valence-corrected chi connectivity index (χ3v) is 5.40. The SMILES string of the molecule is COC(=O)c1ccccc1-n1cccc1[C@H]1[C@@H](c2ccccn2)NC(=S)N1C. The number of carbonyl (C=O) groups is 1. The van der Waals surface area contributed by atoms with E-state index < -0.39 is 0 Å². The molecule has 3 aromatic rings. The number of nitrogens with zero attached hydrogens (tertiary/aromatic N) is 3. The summed E-state index contributed by atoms with van der Waals surface area (Å²) in [4.78, 5) is 18.8. The predicted molar refractivity (Wildman–Crippen MR) is 110 cm³/mol. The number of hydrogen-bond donors (Lipinski definition) is 1. The van der Waals surface area contributed by atoms with Crippen molar-refractivity contribution in [2.45, 2.75) is 12.1 Å². The fraction of sp³-hybridized carbons (Fsp3) is 0.190. The molecule has 1 N–H and O–H groups in total. The van der Waals surface area contributed by atoms with Crippen LogP contribution in [0.1, 0.15) is 33.8 Å². The molecule has 1 aliphatic heterocycles.